The van der Waals surface area contributed by atoms with E-state index in [1.54, 1.807) is 18.5 Å². The smallest absolute Gasteiger partial charge is 0.332 e. The van der Waals surface area contributed by atoms with Crippen molar-refractivity contribution >= 4 is 17.1 Å². The van der Waals surface area contributed by atoms with Crippen molar-refractivity contribution < 1.29 is 14.4 Å². The molecule has 0 radical (unpaired) electrons. The molecule has 0 aliphatic carbocycles. The second kappa shape index (κ2) is 8.44. The second-order valence-corrected chi connectivity index (χ2v) is 7.09. The highest BCUT2D eigenvalue weighted by atomic mass is 16.5. The van der Waals surface area contributed by atoms with Crippen LogP contribution in [0.4, 0.5) is 0 Å². The Bertz CT molecular complexity index is 1140. The highest BCUT2D eigenvalue weighted by molar-refractivity contribution is 5.75. The van der Waals surface area contributed by atoms with Crippen molar-refractivity contribution in [2.45, 2.75) is 26.6 Å². The van der Waals surface area contributed by atoms with E-state index in [2.05, 4.69) is 4.98 Å². The molecule has 1 N–H and O–H groups in total. The fraction of sp³-hybridized carbons (Fsp3) is 0.400. The molecule has 3 rings (SSSR count). The number of aryl methyl sites for hydroxylation is 1. The van der Waals surface area contributed by atoms with Crippen LogP contribution in [0, 0.1) is 0 Å². The van der Waals surface area contributed by atoms with Gasteiger partial charge in [-0.25, -0.2) is 9.78 Å². The van der Waals surface area contributed by atoms with Crippen LogP contribution in [0.15, 0.2) is 39.9 Å². The Morgan fingerprint density at radius 1 is 1.10 bits per heavy atom. The van der Waals surface area contributed by atoms with Gasteiger partial charge in [0.2, 0.25) is 0 Å². The van der Waals surface area contributed by atoms with E-state index in [1.807, 2.05) is 37.4 Å². The van der Waals surface area contributed by atoms with Crippen LogP contribution in [-0.4, -0.2) is 38.3 Å². The van der Waals surface area contributed by atoms with Gasteiger partial charge in [-0.1, -0.05) is 30.3 Å². The van der Waals surface area contributed by atoms with E-state index in [1.165, 1.54) is 17.2 Å². The summed E-state index contributed by atoms with van der Waals surface area (Å²) in [6, 6.07) is 10.0. The number of hydrogen-bond donors (Lipinski definition) is 1. The van der Waals surface area contributed by atoms with Crippen molar-refractivity contribution in [3.63, 3.8) is 0 Å². The number of benzene rings is 1. The highest BCUT2D eigenvalue weighted by Gasteiger charge is 2.23. The number of quaternary nitrogens is 1. The lowest BCUT2D eigenvalue weighted by atomic mass is 10.2. The van der Waals surface area contributed by atoms with Crippen LogP contribution in [0.3, 0.4) is 0 Å². The number of ether oxygens (including phenoxy) is 1. The first-order valence-corrected chi connectivity index (χ1v) is 9.49. The SMILES string of the molecule is CCOC(=O)Cn1c(C[NH+](C)Cc2ccccc2)nc2c1c(=O)n(C)c(=O)n2C. The summed E-state index contributed by atoms with van der Waals surface area (Å²) in [5.41, 5.74) is 0.725. The van der Waals surface area contributed by atoms with Gasteiger partial charge < -0.3 is 14.2 Å². The van der Waals surface area contributed by atoms with Gasteiger partial charge in [0.15, 0.2) is 17.0 Å². The van der Waals surface area contributed by atoms with Crippen molar-refractivity contribution in [2.24, 2.45) is 14.1 Å². The van der Waals surface area contributed by atoms with Crippen molar-refractivity contribution in [3.05, 3.63) is 62.6 Å². The monoisotopic (exact) mass is 400 g/mol. The Morgan fingerprint density at radius 3 is 2.45 bits per heavy atom. The number of aromatic nitrogens is 4. The summed E-state index contributed by atoms with van der Waals surface area (Å²) in [5, 5.41) is 0. The Hall–Kier alpha value is -3.20. The molecule has 0 aliphatic rings. The van der Waals surface area contributed by atoms with Crippen LogP contribution in [0.1, 0.15) is 18.3 Å². The normalized spacial score (nSPS) is 12.3. The summed E-state index contributed by atoms with van der Waals surface area (Å²) in [4.78, 5) is 42.9. The van der Waals surface area contributed by atoms with E-state index in [0.29, 0.717) is 12.4 Å². The third-order valence-corrected chi connectivity index (χ3v) is 4.83. The molecular weight excluding hydrogens is 374 g/mol. The largest absolute Gasteiger partial charge is 0.465 e. The van der Waals surface area contributed by atoms with Crippen LogP contribution < -0.4 is 16.1 Å². The van der Waals surface area contributed by atoms with Crippen molar-refractivity contribution in [2.75, 3.05) is 13.7 Å². The first-order chi connectivity index (χ1) is 13.8. The first kappa shape index (κ1) is 20.5. The zero-order chi connectivity index (χ0) is 21.1. The van der Waals surface area contributed by atoms with E-state index in [-0.39, 0.29) is 24.3 Å². The number of nitrogens with one attached hydrogen (secondary N) is 1. The van der Waals surface area contributed by atoms with Gasteiger partial charge >= 0.3 is 11.7 Å². The van der Waals surface area contributed by atoms with Gasteiger partial charge in [-0.3, -0.25) is 18.7 Å². The average Bonchev–Trinajstić information content (AvgIpc) is 3.03. The fourth-order valence-electron chi connectivity index (χ4n) is 3.41. The van der Waals surface area contributed by atoms with Crippen molar-refractivity contribution in [1.82, 2.24) is 18.7 Å². The molecule has 2 aromatic heterocycles. The molecule has 0 bridgehead atoms. The predicted molar refractivity (Wildman–Crippen MR) is 108 cm³/mol. The Balaban J connectivity index is 2.06. The number of carbonyl (C=O) groups excluding carboxylic acids is 1. The predicted octanol–water partition coefficient (Wildman–Crippen LogP) is -0.788. The van der Waals surface area contributed by atoms with Gasteiger partial charge in [-0.05, 0) is 6.92 Å². The van der Waals surface area contributed by atoms with Crippen molar-refractivity contribution in [1.29, 1.82) is 0 Å². The Morgan fingerprint density at radius 2 is 1.79 bits per heavy atom. The summed E-state index contributed by atoms with van der Waals surface area (Å²) in [6.45, 7) is 3.06. The summed E-state index contributed by atoms with van der Waals surface area (Å²) >= 11 is 0. The maximum Gasteiger partial charge on any atom is 0.332 e. The molecule has 0 saturated heterocycles. The minimum absolute atomic E-state index is 0.133. The molecule has 1 aromatic carbocycles. The number of fused-ring (bicyclic) bond motifs is 1. The van der Waals surface area contributed by atoms with E-state index in [9.17, 15) is 14.4 Å². The van der Waals surface area contributed by atoms with E-state index >= 15 is 0 Å². The van der Waals surface area contributed by atoms with Gasteiger partial charge in [0.05, 0.1) is 13.7 Å². The van der Waals surface area contributed by atoms with Gasteiger partial charge in [-0.15, -0.1) is 0 Å². The summed E-state index contributed by atoms with van der Waals surface area (Å²) in [6.07, 6.45) is 0. The van der Waals surface area contributed by atoms with Crippen LogP contribution in [0.25, 0.3) is 11.2 Å². The van der Waals surface area contributed by atoms with E-state index < -0.39 is 17.2 Å². The molecule has 0 amide bonds. The molecular formula is C20H26N5O4+. The standard InChI is InChI=1S/C20H25N5O4/c1-5-29-16(26)13-25-15(12-22(2)11-14-9-7-6-8-10-14)21-18-17(25)19(27)24(4)20(28)23(18)3/h6-10H,5,11-13H2,1-4H3/p+1. The number of rotatable bonds is 7. The molecule has 0 aliphatic heterocycles. The molecule has 0 saturated carbocycles. The Kier molecular flexibility index (Phi) is 5.97. The molecule has 29 heavy (non-hydrogen) atoms. The Labute approximate surface area is 167 Å². The molecule has 3 aromatic rings. The van der Waals surface area contributed by atoms with Crippen LogP contribution in [-0.2, 0) is 43.3 Å². The zero-order valence-electron chi connectivity index (χ0n) is 17.1. The molecule has 0 spiro atoms. The second-order valence-electron chi connectivity index (χ2n) is 7.09. The summed E-state index contributed by atoms with van der Waals surface area (Å²) < 4.78 is 9.00. The quantitative estimate of drug-likeness (QED) is 0.525. The van der Waals surface area contributed by atoms with Crippen LogP contribution >= 0.6 is 0 Å². The van der Waals surface area contributed by atoms with Crippen molar-refractivity contribution in [3.8, 4) is 0 Å². The molecule has 1 unspecified atom stereocenters. The number of nitrogens with zero attached hydrogens (tertiary/aromatic N) is 4. The lowest BCUT2D eigenvalue weighted by Gasteiger charge is -2.15. The first-order valence-electron chi connectivity index (χ1n) is 9.49. The molecule has 9 heteroatoms. The van der Waals surface area contributed by atoms with Gasteiger partial charge in [0, 0.05) is 19.7 Å². The minimum atomic E-state index is -0.480. The zero-order valence-corrected chi connectivity index (χ0v) is 17.1. The number of carbonyl (C=O) groups is 1. The van der Waals surface area contributed by atoms with Gasteiger partial charge in [0.1, 0.15) is 19.6 Å². The topological polar surface area (TPSA) is 92.6 Å². The van der Waals surface area contributed by atoms with E-state index in [4.69, 9.17) is 4.74 Å². The number of hydrogen-bond acceptors (Lipinski definition) is 5. The number of esters is 1. The maximum atomic E-state index is 12.8. The minimum Gasteiger partial charge on any atom is -0.465 e. The average molecular weight is 400 g/mol. The van der Waals surface area contributed by atoms with Gasteiger partial charge in [-0.2, -0.15) is 0 Å². The molecule has 154 valence electrons. The summed E-state index contributed by atoms with van der Waals surface area (Å²) in [7, 11) is 4.99. The third kappa shape index (κ3) is 4.14. The third-order valence-electron chi connectivity index (χ3n) is 4.83. The number of imidazole rings is 1. The summed E-state index contributed by atoms with van der Waals surface area (Å²) in [5.74, 6) is 0.101. The maximum absolute atomic E-state index is 12.8. The lowest BCUT2D eigenvalue weighted by Crippen LogP contribution is -3.06. The molecule has 9 nitrogen and oxygen atoms in total. The highest BCUT2D eigenvalue weighted by Crippen LogP contribution is 2.11. The van der Waals surface area contributed by atoms with Gasteiger partial charge in [0.25, 0.3) is 5.56 Å². The fourth-order valence-corrected chi connectivity index (χ4v) is 3.41. The lowest BCUT2D eigenvalue weighted by molar-refractivity contribution is -0.908. The molecule has 0 fully saturated rings. The molecule has 2 heterocycles. The van der Waals surface area contributed by atoms with E-state index in [0.717, 1.165) is 16.0 Å². The molecule has 1 atom stereocenters. The van der Waals surface area contributed by atoms with Crippen LogP contribution in [0.5, 0.6) is 0 Å². The van der Waals surface area contributed by atoms with Crippen LogP contribution in [0.2, 0.25) is 0 Å².